The Morgan fingerprint density at radius 1 is 1.42 bits per heavy atom. The van der Waals surface area contributed by atoms with Crippen LogP contribution in [0.2, 0.25) is 0 Å². The highest BCUT2D eigenvalue weighted by Gasteiger charge is 2.33. The molecule has 1 aliphatic heterocycles. The summed E-state index contributed by atoms with van der Waals surface area (Å²) in [5.74, 6) is 0.796. The van der Waals surface area contributed by atoms with Gasteiger partial charge in [0.2, 0.25) is 0 Å². The Morgan fingerprint density at radius 2 is 2.16 bits per heavy atom. The Bertz CT molecular complexity index is 449. The summed E-state index contributed by atoms with van der Waals surface area (Å²) in [5.41, 5.74) is 7.42. The molecule has 0 aromatic heterocycles. The SMILES string of the molecule is CC1(C)Cc2cccc(C(CN)NCC(F)F)c2O1. The van der Waals surface area contributed by atoms with Gasteiger partial charge in [-0.3, -0.25) is 0 Å². The summed E-state index contributed by atoms with van der Waals surface area (Å²) in [6, 6.07) is 5.51. The predicted molar refractivity (Wildman–Crippen MR) is 70.7 cm³/mol. The molecule has 0 saturated heterocycles. The van der Waals surface area contributed by atoms with Gasteiger partial charge in [0.05, 0.1) is 6.54 Å². The second-order valence-electron chi connectivity index (χ2n) is 5.46. The lowest BCUT2D eigenvalue weighted by molar-refractivity contribution is 0.132. The Labute approximate surface area is 112 Å². The minimum absolute atomic E-state index is 0.250. The van der Waals surface area contributed by atoms with Crippen LogP contribution in [0, 0.1) is 0 Å². The van der Waals surface area contributed by atoms with Gasteiger partial charge in [0.25, 0.3) is 6.43 Å². The van der Waals surface area contributed by atoms with Gasteiger partial charge in [0.15, 0.2) is 0 Å². The molecule has 19 heavy (non-hydrogen) atoms. The molecule has 2 rings (SSSR count). The molecule has 1 atom stereocenters. The first-order valence-corrected chi connectivity index (χ1v) is 6.45. The van der Waals surface area contributed by atoms with Gasteiger partial charge in [0, 0.05) is 24.6 Å². The van der Waals surface area contributed by atoms with Gasteiger partial charge in [-0.1, -0.05) is 18.2 Å². The second kappa shape index (κ2) is 5.43. The summed E-state index contributed by atoms with van der Waals surface area (Å²) in [6.45, 7) is 3.92. The van der Waals surface area contributed by atoms with Crippen molar-refractivity contribution in [3.63, 3.8) is 0 Å². The Hall–Kier alpha value is -1.20. The first kappa shape index (κ1) is 14.2. The summed E-state index contributed by atoms with van der Waals surface area (Å²) in [6.07, 6.45) is -1.56. The number of rotatable bonds is 5. The van der Waals surface area contributed by atoms with E-state index in [-0.39, 0.29) is 24.7 Å². The van der Waals surface area contributed by atoms with Crippen LogP contribution in [0.25, 0.3) is 0 Å². The second-order valence-corrected chi connectivity index (χ2v) is 5.46. The van der Waals surface area contributed by atoms with Crippen LogP contribution in [-0.2, 0) is 6.42 Å². The minimum atomic E-state index is -2.39. The maximum Gasteiger partial charge on any atom is 0.250 e. The van der Waals surface area contributed by atoms with E-state index in [4.69, 9.17) is 10.5 Å². The molecular weight excluding hydrogens is 250 g/mol. The minimum Gasteiger partial charge on any atom is -0.487 e. The van der Waals surface area contributed by atoms with Gasteiger partial charge in [-0.2, -0.15) is 0 Å². The van der Waals surface area contributed by atoms with Crippen molar-refractivity contribution in [1.82, 2.24) is 5.32 Å². The van der Waals surface area contributed by atoms with Crippen molar-refractivity contribution in [1.29, 1.82) is 0 Å². The van der Waals surface area contributed by atoms with Crippen LogP contribution in [0.1, 0.15) is 31.0 Å². The smallest absolute Gasteiger partial charge is 0.250 e. The topological polar surface area (TPSA) is 47.3 Å². The number of hydrogen-bond acceptors (Lipinski definition) is 3. The maximum atomic E-state index is 12.3. The predicted octanol–water partition coefficient (Wildman–Crippen LogP) is 2.25. The summed E-state index contributed by atoms with van der Waals surface area (Å²) in [4.78, 5) is 0. The molecule has 1 aromatic carbocycles. The number of ether oxygens (including phenoxy) is 1. The lowest BCUT2D eigenvalue weighted by Crippen LogP contribution is -2.32. The average Bonchev–Trinajstić information content (AvgIpc) is 2.64. The monoisotopic (exact) mass is 270 g/mol. The fourth-order valence-corrected chi connectivity index (χ4v) is 2.47. The number of para-hydroxylation sites is 1. The molecule has 0 spiro atoms. The molecule has 3 nitrogen and oxygen atoms in total. The van der Waals surface area contributed by atoms with Gasteiger partial charge in [0.1, 0.15) is 11.4 Å². The quantitative estimate of drug-likeness (QED) is 0.862. The van der Waals surface area contributed by atoms with Crippen LogP contribution in [0.4, 0.5) is 8.78 Å². The van der Waals surface area contributed by atoms with E-state index in [1.54, 1.807) is 0 Å². The molecule has 0 amide bonds. The third kappa shape index (κ3) is 3.22. The van der Waals surface area contributed by atoms with Gasteiger partial charge >= 0.3 is 0 Å². The summed E-state index contributed by atoms with van der Waals surface area (Å²) >= 11 is 0. The molecule has 0 saturated carbocycles. The number of fused-ring (bicyclic) bond motifs is 1. The van der Waals surface area contributed by atoms with Gasteiger partial charge in [-0.05, 0) is 19.4 Å². The van der Waals surface area contributed by atoms with Gasteiger partial charge in [-0.15, -0.1) is 0 Å². The fourth-order valence-electron chi connectivity index (χ4n) is 2.47. The first-order chi connectivity index (χ1) is 8.93. The van der Waals surface area contributed by atoms with E-state index in [1.807, 2.05) is 32.0 Å². The Kier molecular flexibility index (Phi) is 4.06. The van der Waals surface area contributed by atoms with Crippen LogP contribution >= 0.6 is 0 Å². The Balaban J connectivity index is 2.23. The highest BCUT2D eigenvalue weighted by molar-refractivity contribution is 5.47. The highest BCUT2D eigenvalue weighted by atomic mass is 19.3. The molecule has 0 radical (unpaired) electrons. The molecule has 3 N–H and O–H groups in total. The van der Waals surface area contributed by atoms with Crippen LogP contribution < -0.4 is 15.8 Å². The molecular formula is C14H20F2N2O. The zero-order chi connectivity index (χ0) is 14.0. The zero-order valence-corrected chi connectivity index (χ0v) is 11.2. The molecule has 1 heterocycles. The molecule has 5 heteroatoms. The largest absolute Gasteiger partial charge is 0.487 e. The van der Waals surface area contributed by atoms with Crippen molar-refractivity contribution in [2.24, 2.45) is 5.73 Å². The van der Waals surface area contributed by atoms with Crippen LogP contribution in [0.5, 0.6) is 5.75 Å². The van der Waals surface area contributed by atoms with Crippen molar-refractivity contribution in [2.45, 2.75) is 38.3 Å². The molecule has 0 fully saturated rings. The molecule has 0 bridgehead atoms. The highest BCUT2D eigenvalue weighted by Crippen LogP contribution is 2.39. The molecule has 106 valence electrons. The molecule has 1 unspecified atom stereocenters. The van der Waals surface area contributed by atoms with Crippen molar-refractivity contribution in [3.8, 4) is 5.75 Å². The van der Waals surface area contributed by atoms with Crippen LogP contribution in [-0.4, -0.2) is 25.1 Å². The van der Waals surface area contributed by atoms with E-state index in [2.05, 4.69) is 5.32 Å². The average molecular weight is 270 g/mol. The molecule has 0 aliphatic carbocycles. The molecule has 1 aromatic rings. The van der Waals surface area contributed by atoms with E-state index in [0.717, 1.165) is 23.3 Å². The van der Waals surface area contributed by atoms with Crippen molar-refractivity contribution < 1.29 is 13.5 Å². The Morgan fingerprint density at radius 3 is 2.79 bits per heavy atom. The number of halogens is 2. The fraction of sp³-hybridized carbons (Fsp3) is 0.571. The summed E-state index contributed by atoms with van der Waals surface area (Å²) in [7, 11) is 0. The van der Waals surface area contributed by atoms with Gasteiger partial charge < -0.3 is 15.8 Å². The number of hydrogen-bond donors (Lipinski definition) is 2. The molecule has 1 aliphatic rings. The van der Waals surface area contributed by atoms with E-state index in [0.29, 0.717) is 0 Å². The van der Waals surface area contributed by atoms with Crippen LogP contribution in [0.15, 0.2) is 18.2 Å². The number of nitrogens with two attached hydrogens (primary N) is 1. The standard InChI is InChI=1S/C14H20F2N2O/c1-14(2)6-9-4-3-5-10(13(9)19-14)11(7-17)18-8-12(15)16/h3-5,11-12,18H,6-8,17H2,1-2H3. The van der Waals surface area contributed by atoms with E-state index in [9.17, 15) is 8.78 Å². The van der Waals surface area contributed by atoms with E-state index >= 15 is 0 Å². The number of nitrogens with one attached hydrogen (secondary N) is 1. The maximum absolute atomic E-state index is 12.3. The third-order valence-electron chi connectivity index (χ3n) is 3.25. The van der Waals surface area contributed by atoms with Crippen molar-refractivity contribution in [2.75, 3.05) is 13.1 Å². The van der Waals surface area contributed by atoms with Crippen LogP contribution in [0.3, 0.4) is 0 Å². The van der Waals surface area contributed by atoms with E-state index in [1.165, 1.54) is 0 Å². The summed E-state index contributed by atoms with van der Waals surface area (Å²) in [5, 5.41) is 2.79. The van der Waals surface area contributed by atoms with Crippen molar-refractivity contribution >= 4 is 0 Å². The number of benzene rings is 1. The zero-order valence-electron chi connectivity index (χ0n) is 11.2. The first-order valence-electron chi connectivity index (χ1n) is 6.45. The lowest BCUT2D eigenvalue weighted by atomic mass is 9.98. The lowest BCUT2D eigenvalue weighted by Gasteiger charge is -2.22. The number of alkyl halides is 2. The van der Waals surface area contributed by atoms with Gasteiger partial charge in [-0.25, -0.2) is 8.78 Å². The normalized spacial score (nSPS) is 18.2. The third-order valence-corrected chi connectivity index (χ3v) is 3.25. The van der Waals surface area contributed by atoms with Crippen molar-refractivity contribution in [3.05, 3.63) is 29.3 Å². The summed E-state index contributed by atoms with van der Waals surface area (Å²) < 4.78 is 30.6. The van der Waals surface area contributed by atoms with E-state index < -0.39 is 6.43 Å².